The van der Waals surface area contributed by atoms with Gasteiger partial charge in [0.25, 0.3) is 0 Å². The van der Waals surface area contributed by atoms with Gasteiger partial charge in [0.05, 0.1) is 6.10 Å². The lowest BCUT2D eigenvalue weighted by Crippen LogP contribution is -2.46. The number of aliphatic hydroxyl groups is 1. The van der Waals surface area contributed by atoms with Crippen LogP contribution in [0.4, 0.5) is 0 Å². The first-order valence-corrected chi connectivity index (χ1v) is 8.77. The molecule has 0 aliphatic heterocycles. The number of rotatable bonds is 6. The maximum absolute atomic E-state index is 12.0. The molecule has 6 heteroatoms. The summed E-state index contributed by atoms with van der Waals surface area (Å²) in [6.45, 7) is 2.66. The Morgan fingerprint density at radius 3 is 3.04 bits per heavy atom. The third kappa shape index (κ3) is 4.82. The van der Waals surface area contributed by atoms with Crippen molar-refractivity contribution in [2.24, 2.45) is 5.92 Å². The Morgan fingerprint density at radius 2 is 2.28 bits per heavy atom. The normalized spacial score (nSPS) is 23.2. The predicted octanol–water partition coefficient (Wildman–Crippen LogP) is 1.92. The first-order valence-electron chi connectivity index (χ1n) is 8.77. The Balaban J connectivity index is 1.51. The van der Waals surface area contributed by atoms with E-state index in [2.05, 4.69) is 10.4 Å². The lowest BCUT2D eigenvalue weighted by atomic mass is 9.84. The summed E-state index contributed by atoms with van der Waals surface area (Å²) >= 11 is 0. The van der Waals surface area contributed by atoms with Crippen molar-refractivity contribution >= 4 is 5.91 Å². The van der Waals surface area contributed by atoms with E-state index >= 15 is 0 Å². The maximum atomic E-state index is 12.0. The molecular weight excluding hydrogens is 318 g/mol. The molecule has 1 aliphatic rings. The number of hydrogen-bond acceptors (Lipinski definition) is 4. The topological polar surface area (TPSA) is 76.4 Å². The molecule has 1 amide bonds. The lowest BCUT2D eigenvalue weighted by Gasteiger charge is -2.35. The van der Waals surface area contributed by atoms with E-state index in [-0.39, 0.29) is 24.5 Å². The number of aromatic nitrogens is 2. The second-order valence-corrected chi connectivity index (χ2v) is 6.66. The van der Waals surface area contributed by atoms with Crippen molar-refractivity contribution in [1.82, 2.24) is 15.1 Å². The van der Waals surface area contributed by atoms with Gasteiger partial charge in [-0.15, -0.1) is 0 Å². The Bertz CT molecular complexity index is 687. The number of aliphatic hydroxyl groups excluding tert-OH is 1. The van der Waals surface area contributed by atoms with Gasteiger partial charge in [0.2, 0.25) is 5.91 Å². The van der Waals surface area contributed by atoms with Crippen molar-refractivity contribution in [2.75, 3.05) is 6.54 Å². The highest BCUT2D eigenvalue weighted by atomic mass is 16.5. The average molecular weight is 343 g/mol. The van der Waals surface area contributed by atoms with Crippen LogP contribution >= 0.6 is 0 Å². The number of aryl methyl sites for hydroxylation is 1. The second kappa shape index (κ2) is 8.16. The zero-order valence-corrected chi connectivity index (χ0v) is 14.5. The Hall–Kier alpha value is -2.34. The quantitative estimate of drug-likeness (QED) is 0.840. The second-order valence-electron chi connectivity index (χ2n) is 6.66. The molecule has 2 aromatic rings. The van der Waals surface area contributed by atoms with Crippen molar-refractivity contribution in [1.29, 1.82) is 0 Å². The van der Waals surface area contributed by atoms with Crippen molar-refractivity contribution in [3.8, 4) is 5.75 Å². The van der Waals surface area contributed by atoms with E-state index in [9.17, 15) is 9.90 Å². The van der Waals surface area contributed by atoms with Crippen LogP contribution in [0, 0.1) is 12.8 Å². The molecular formula is C19H25N3O3. The predicted molar refractivity (Wildman–Crippen MR) is 94.2 cm³/mol. The van der Waals surface area contributed by atoms with Gasteiger partial charge in [0, 0.05) is 24.9 Å². The molecule has 3 atom stereocenters. The minimum atomic E-state index is -0.584. The zero-order chi connectivity index (χ0) is 17.6. The Morgan fingerprint density at radius 1 is 1.40 bits per heavy atom. The van der Waals surface area contributed by atoms with Crippen LogP contribution in [0.1, 0.15) is 24.8 Å². The molecule has 1 aromatic carbocycles. The molecule has 6 nitrogen and oxygen atoms in total. The molecule has 1 saturated carbocycles. The SMILES string of the molecule is Cc1cccc(O[C@@H]2CCC[C@H](CNC(=O)Cn3cccn3)[C@H]2O)c1. The largest absolute Gasteiger partial charge is 0.488 e. The number of amides is 1. The number of nitrogens with zero attached hydrogens (tertiary/aromatic N) is 2. The summed E-state index contributed by atoms with van der Waals surface area (Å²) < 4.78 is 7.57. The molecule has 1 heterocycles. The number of hydrogen-bond donors (Lipinski definition) is 2. The van der Waals surface area contributed by atoms with Crippen molar-refractivity contribution in [3.63, 3.8) is 0 Å². The summed E-state index contributed by atoms with van der Waals surface area (Å²) in [5.74, 6) is 0.690. The molecule has 0 unspecified atom stereocenters. The van der Waals surface area contributed by atoms with Crippen LogP contribution in [0.5, 0.6) is 5.75 Å². The summed E-state index contributed by atoms with van der Waals surface area (Å²) in [5.41, 5.74) is 1.13. The third-order valence-electron chi connectivity index (χ3n) is 4.63. The van der Waals surface area contributed by atoms with E-state index in [0.717, 1.165) is 30.6 Å². The van der Waals surface area contributed by atoms with Crippen LogP contribution in [-0.4, -0.2) is 39.5 Å². The minimum Gasteiger partial charge on any atom is -0.488 e. The molecule has 1 aromatic heterocycles. The van der Waals surface area contributed by atoms with Gasteiger partial charge in [-0.3, -0.25) is 9.48 Å². The van der Waals surface area contributed by atoms with Crippen molar-refractivity contribution in [3.05, 3.63) is 48.3 Å². The average Bonchev–Trinajstić information content (AvgIpc) is 3.09. The van der Waals surface area contributed by atoms with Crippen LogP contribution < -0.4 is 10.1 Å². The van der Waals surface area contributed by atoms with E-state index < -0.39 is 6.10 Å². The third-order valence-corrected chi connectivity index (χ3v) is 4.63. The molecule has 25 heavy (non-hydrogen) atoms. The summed E-state index contributed by atoms with van der Waals surface area (Å²) in [4.78, 5) is 12.0. The fourth-order valence-corrected chi connectivity index (χ4v) is 3.28. The van der Waals surface area contributed by atoms with Crippen LogP contribution in [-0.2, 0) is 11.3 Å². The van der Waals surface area contributed by atoms with Crippen molar-refractivity contribution < 1.29 is 14.6 Å². The van der Waals surface area contributed by atoms with Crippen LogP contribution in [0.25, 0.3) is 0 Å². The van der Waals surface area contributed by atoms with E-state index in [1.165, 1.54) is 0 Å². The molecule has 3 rings (SSSR count). The molecule has 0 spiro atoms. The van der Waals surface area contributed by atoms with Gasteiger partial charge in [0.1, 0.15) is 18.4 Å². The highest BCUT2D eigenvalue weighted by Crippen LogP contribution is 2.28. The fourth-order valence-electron chi connectivity index (χ4n) is 3.28. The number of nitrogens with one attached hydrogen (secondary N) is 1. The zero-order valence-electron chi connectivity index (χ0n) is 14.5. The number of carbonyl (C=O) groups excluding carboxylic acids is 1. The smallest absolute Gasteiger partial charge is 0.241 e. The standard InChI is InChI=1S/C19H25N3O3/c1-14-5-2-7-16(11-14)25-17-8-3-6-15(19(17)24)12-20-18(23)13-22-10-4-9-21-22/h2,4-5,7,9-11,15,17,19,24H,3,6,8,12-13H2,1H3,(H,20,23)/t15-,17-,19-/m1/s1. The molecule has 0 radical (unpaired) electrons. The molecule has 0 saturated heterocycles. The summed E-state index contributed by atoms with van der Waals surface area (Å²) in [5, 5.41) is 17.6. The summed E-state index contributed by atoms with van der Waals surface area (Å²) in [7, 11) is 0. The van der Waals surface area contributed by atoms with Gasteiger partial charge in [0.15, 0.2) is 0 Å². The van der Waals surface area contributed by atoms with Crippen LogP contribution in [0.15, 0.2) is 42.7 Å². The van der Waals surface area contributed by atoms with E-state index in [0.29, 0.717) is 6.54 Å². The first-order chi connectivity index (χ1) is 12.1. The molecule has 2 N–H and O–H groups in total. The monoisotopic (exact) mass is 343 g/mol. The van der Waals surface area contributed by atoms with E-state index in [4.69, 9.17) is 4.74 Å². The van der Waals surface area contributed by atoms with Gasteiger partial charge in [-0.25, -0.2) is 0 Å². The number of carbonyl (C=O) groups is 1. The first kappa shape index (κ1) is 17.5. The van der Waals surface area contributed by atoms with Crippen molar-refractivity contribution in [2.45, 2.75) is 44.9 Å². The highest BCUT2D eigenvalue weighted by Gasteiger charge is 2.33. The van der Waals surface area contributed by atoms with Gasteiger partial charge in [-0.05, 0) is 49.9 Å². The molecule has 1 aliphatic carbocycles. The van der Waals surface area contributed by atoms with E-state index in [1.54, 1.807) is 23.1 Å². The summed E-state index contributed by atoms with van der Waals surface area (Å²) in [6.07, 6.45) is 5.27. The van der Waals surface area contributed by atoms with Crippen LogP contribution in [0.2, 0.25) is 0 Å². The van der Waals surface area contributed by atoms with Gasteiger partial charge >= 0.3 is 0 Å². The Labute approximate surface area is 147 Å². The van der Waals surface area contributed by atoms with E-state index in [1.807, 2.05) is 31.2 Å². The molecule has 1 fully saturated rings. The van der Waals surface area contributed by atoms with Gasteiger partial charge in [-0.2, -0.15) is 5.10 Å². The maximum Gasteiger partial charge on any atom is 0.241 e. The number of benzene rings is 1. The Kier molecular flexibility index (Phi) is 5.71. The number of ether oxygens (including phenoxy) is 1. The summed E-state index contributed by atoms with van der Waals surface area (Å²) in [6, 6.07) is 9.64. The van der Waals surface area contributed by atoms with Gasteiger partial charge < -0.3 is 15.2 Å². The fraction of sp³-hybridized carbons (Fsp3) is 0.474. The van der Waals surface area contributed by atoms with Gasteiger partial charge in [-0.1, -0.05) is 12.1 Å². The van der Waals surface area contributed by atoms with Crippen LogP contribution in [0.3, 0.4) is 0 Å². The molecule has 0 bridgehead atoms. The molecule has 134 valence electrons. The highest BCUT2D eigenvalue weighted by molar-refractivity contribution is 5.75. The lowest BCUT2D eigenvalue weighted by molar-refractivity contribution is -0.122. The minimum absolute atomic E-state index is 0.00475.